The van der Waals surface area contributed by atoms with Crippen LogP contribution in [0.3, 0.4) is 0 Å². The molecule has 0 radical (unpaired) electrons. The van der Waals surface area contributed by atoms with E-state index in [1.54, 1.807) is 18.2 Å². The SMILES string of the molecule is CC1(C)OC(=O)C(=Cc2ccccc2OCC(=O)O)C(=O)O1. The van der Waals surface area contributed by atoms with Gasteiger partial charge in [0.25, 0.3) is 5.79 Å². The summed E-state index contributed by atoms with van der Waals surface area (Å²) < 4.78 is 15.1. The number of hydrogen-bond acceptors (Lipinski definition) is 6. The molecule has 0 atom stereocenters. The summed E-state index contributed by atoms with van der Waals surface area (Å²) in [6.45, 7) is 2.36. The molecular formula is C15H14O7. The number of carboxylic acids is 1. The first-order chi connectivity index (χ1) is 10.3. The molecule has 0 spiro atoms. The Morgan fingerprint density at radius 1 is 1.23 bits per heavy atom. The van der Waals surface area contributed by atoms with E-state index in [-0.39, 0.29) is 11.3 Å². The molecule has 1 fully saturated rings. The van der Waals surface area contributed by atoms with Crippen molar-refractivity contribution in [3.63, 3.8) is 0 Å². The van der Waals surface area contributed by atoms with E-state index in [1.807, 2.05) is 0 Å². The number of carbonyl (C=O) groups excluding carboxylic acids is 2. The van der Waals surface area contributed by atoms with Crippen molar-refractivity contribution in [2.45, 2.75) is 19.6 Å². The van der Waals surface area contributed by atoms with Crippen molar-refractivity contribution in [1.29, 1.82) is 0 Å². The van der Waals surface area contributed by atoms with Gasteiger partial charge in [0, 0.05) is 19.4 Å². The molecule has 0 saturated carbocycles. The van der Waals surface area contributed by atoms with E-state index in [2.05, 4.69) is 0 Å². The summed E-state index contributed by atoms with van der Waals surface area (Å²) in [5, 5.41) is 8.64. The summed E-state index contributed by atoms with van der Waals surface area (Å²) in [6, 6.07) is 6.40. The molecule has 116 valence electrons. The highest BCUT2D eigenvalue weighted by atomic mass is 16.7. The Kier molecular flexibility index (Phi) is 4.16. The van der Waals surface area contributed by atoms with Crippen LogP contribution in [0.25, 0.3) is 6.08 Å². The first kappa shape index (κ1) is 15.6. The normalized spacial score (nSPS) is 16.5. The molecule has 1 aliphatic rings. The molecule has 0 aromatic heterocycles. The molecule has 1 aromatic carbocycles. The van der Waals surface area contributed by atoms with Gasteiger partial charge in [-0.1, -0.05) is 18.2 Å². The molecule has 0 unspecified atom stereocenters. The zero-order valence-corrected chi connectivity index (χ0v) is 12.0. The Morgan fingerprint density at radius 2 is 1.82 bits per heavy atom. The van der Waals surface area contributed by atoms with Crippen LogP contribution in [-0.2, 0) is 23.9 Å². The van der Waals surface area contributed by atoms with E-state index in [4.69, 9.17) is 19.3 Å². The van der Waals surface area contributed by atoms with Crippen molar-refractivity contribution < 1.29 is 33.7 Å². The first-order valence-electron chi connectivity index (χ1n) is 6.40. The highest BCUT2D eigenvalue weighted by molar-refractivity contribution is 6.19. The Hall–Kier alpha value is -2.83. The van der Waals surface area contributed by atoms with Crippen LogP contribution in [0, 0.1) is 0 Å². The van der Waals surface area contributed by atoms with Crippen LogP contribution in [0.1, 0.15) is 19.4 Å². The molecule has 7 nitrogen and oxygen atoms in total. The maximum absolute atomic E-state index is 11.9. The van der Waals surface area contributed by atoms with Crippen LogP contribution in [0.5, 0.6) is 5.75 Å². The van der Waals surface area contributed by atoms with Crippen LogP contribution in [0.4, 0.5) is 0 Å². The summed E-state index contributed by atoms with van der Waals surface area (Å²) in [7, 11) is 0. The van der Waals surface area contributed by atoms with Gasteiger partial charge in [0.1, 0.15) is 11.3 Å². The topological polar surface area (TPSA) is 99.1 Å². The number of esters is 2. The van der Waals surface area contributed by atoms with Gasteiger partial charge in [0.15, 0.2) is 6.61 Å². The van der Waals surface area contributed by atoms with E-state index in [1.165, 1.54) is 26.0 Å². The van der Waals surface area contributed by atoms with Crippen molar-refractivity contribution in [3.8, 4) is 5.75 Å². The fourth-order valence-corrected chi connectivity index (χ4v) is 1.80. The number of ether oxygens (including phenoxy) is 3. The molecule has 1 aliphatic heterocycles. The summed E-state index contributed by atoms with van der Waals surface area (Å²) in [6.07, 6.45) is 1.25. The minimum atomic E-state index is -1.31. The molecule has 22 heavy (non-hydrogen) atoms. The summed E-state index contributed by atoms with van der Waals surface area (Å²) in [5.74, 6) is -3.85. The zero-order valence-electron chi connectivity index (χ0n) is 12.0. The van der Waals surface area contributed by atoms with Gasteiger partial charge in [-0.3, -0.25) is 0 Å². The van der Waals surface area contributed by atoms with E-state index in [0.29, 0.717) is 5.56 Å². The first-order valence-corrected chi connectivity index (χ1v) is 6.40. The standard InChI is InChI=1S/C15H14O7/c1-15(2)21-13(18)10(14(19)22-15)7-9-5-3-4-6-11(9)20-8-12(16)17/h3-7H,8H2,1-2H3,(H,16,17). The summed E-state index contributed by atoms with van der Waals surface area (Å²) >= 11 is 0. The van der Waals surface area contributed by atoms with Crippen molar-refractivity contribution in [3.05, 3.63) is 35.4 Å². The number of aliphatic carboxylic acids is 1. The molecule has 0 bridgehead atoms. The molecule has 1 aromatic rings. The van der Waals surface area contributed by atoms with Gasteiger partial charge in [-0.05, 0) is 12.1 Å². The number of cyclic esters (lactones) is 2. The molecule has 2 rings (SSSR count). The molecule has 1 saturated heterocycles. The average Bonchev–Trinajstić information content (AvgIpc) is 2.40. The third-order valence-corrected chi connectivity index (χ3v) is 2.69. The van der Waals surface area contributed by atoms with Crippen molar-refractivity contribution in [2.75, 3.05) is 6.61 Å². The van der Waals surface area contributed by atoms with Gasteiger partial charge in [-0.25, -0.2) is 14.4 Å². The second-order valence-electron chi connectivity index (χ2n) is 4.96. The molecule has 0 aliphatic carbocycles. The number of carboxylic acid groups (broad SMARTS) is 1. The molecule has 7 heteroatoms. The van der Waals surface area contributed by atoms with Crippen LogP contribution in [0.2, 0.25) is 0 Å². The average molecular weight is 306 g/mol. The van der Waals surface area contributed by atoms with Crippen molar-refractivity contribution in [2.24, 2.45) is 0 Å². The van der Waals surface area contributed by atoms with E-state index < -0.39 is 30.3 Å². The summed E-state index contributed by atoms with van der Waals surface area (Å²) in [5.41, 5.74) is 0.0815. The maximum Gasteiger partial charge on any atom is 0.348 e. The Morgan fingerprint density at radius 3 is 2.41 bits per heavy atom. The van der Waals surface area contributed by atoms with Crippen molar-refractivity contribution in [1.82, 2.24) is 0 Å². The molecule has 0 amide bonds. The number of benzene rings is 1. The third kappa shape index (κ3) is 3.63. The smallest absolute Gasteiger partial charge is 0.348 e. The fraction of sp³-hybridized carbons (Fsp3) is 0.267. The minimum Gasteiger partial charge on any atom is -0.481 e. The molecular weight excluding hydrogens is 292 g/mol. The van der Waals surface area contributed by atoms with Crippen molar-refractivity contribution >= 4 is 24.0 Å². The molecule has 1 N–H and O–H groups in total. The van der Waals surface area contributed by atoms with Gasteiger partial charge in [-0.2, -0.15) is 0 Å². The maximum atomic E-state index is 11.9. The van der Waals surface area contributed by atoms with E-state index in [0.717, 1.165) is 0 Å². The predicted molar refractivity (Wildman–Crippen MR) is 73.8 cm³/mol. The zero-order chi connectivity index (χ0) is 16.3. The van der Waals surface area contributed by atoms with E-state index >= 15 is 0 Å². The largest absolute Gasteiger partial charge is 0.481 e. The third-order valence-electron chi connectivity index (χ3n) is 2.69. The van der Waals surface area contributed by atoms with E-state index in [9.17, 15) is 14.4 Å². The number of para-hydroxylation sites is 1. The lowest BCUT2D eigenvalue weighted by Gasteiger charge is -2.29. The van der Waals surface area contributed by atoms with Crippen LogP contribution >= 0.6 is 0 Å². The lowest BCUT2D eigenvalue weighted by molar-refractivity contribution is -0.222. The lowest BCUT2D eigenvalue weighted by Crippen LogP contribution is -2.41. The van der Waals surface area contributed by atoms with Gasteiger partial charge < -0.3 is 19.3 Å². The van der Waals surface area contributed by atoms with Gasteiger partial charge >= 0.3 is 17.9 Å². The predicted octanol–water partition coefficient (Wildman–Crippen LogP) is 1.37. The quantitative estimate of drug-likeness (QED) is 0.509. The van der Waals surface area contributed by atoms with Gasteiger partial charge in [0.2, 0.25) is 0 Å². The second kappa shape index (κ2) is 5.88. The lowest BCUT2D eigenvalue weighted by atomic mass is 10.1. The Bertz CT molecular complexity index is 636. The van der Waals surface area contributed by atoms with Crippen LogP contribution in [-0.4, -0.2) is 35.4 Å². The number of rotatable bonds is 4. The van der Waals surface area contributed by atoms with Gasteiger partial charge in [-0.15, -0.1) is 0 Å². The van der Waals surface area contributed by atoms with Gasteiger partial charge in [0.05, 0.1) is 0 Å². The Balaban J connectivity index is 2.31. The second-order valence-corrected chi connectivity index (χ2v) is 4.96. The van der Waals surface area contributed by atoms with Crippen LogP contribution in [0.15, 0.2) is 29.8 Å². The minimum absolute atomic E-state index is 0.225. The summed E-state index contributed by atoms with van der Waals surface area (Å²) in [4.78, 5) is 34.3. The Labute approximate surface area is 126 Å². The monoisotopic (exact) mass is 306 g/mol. The molecule has 1 heterocycles. The number of carbonyl (C=O) groups is 3. The fourth-order valence-electron chi connectivity index (χ4n) is 1.80. The highest BCUT2D eigenvalue weighted by Crippen LogP contribution is 2.27. The number of hydrogen-bond donors (Lipinski definition) is 1. The highest BCUT2D eigenvalue weighted by Gasteiger charge is 2.38. The van der Waals surface area contributed by atoms with Crippen LogP contribution < -0.4 is 4.74 Å².